The summed E-state index contributed by atoms with van der Waals surface area (Å²) < 4.78 is 28.6. The van der Waals surface area contributed by atoms with Gasteiger partial charge >= 0.3 is 0 Å². The van der Waals surface area contributed by atoms with Gasteiger partial charge in [-0.15, -0.1) is 0 Å². The summed E-state index contributed by atoms with van der Waals surface area (Å²) in [6, 6.07) is 10.0. The molecule has 0 aliphatic heterocycles. The van der Waals surface area contributed by atoms with Gasteiger partial charge in [-0.1, -0.05) is 18.2 Å². The average Bonchev–Trinajstić information content (AvgIpc) is 3.35. The van der Waals surface area contributed by atoms with Crippen LogP contribution in [-0.2, 0) is 0 Å². The summed E-state index contributed by atoms with van der Waals surface area (Å²) in [5.41, 5.74) is 3.63. The maximum atomic E-state index is 5.87. The molecule has 0 saturated carbocycles. The molecule has 30 heavy (non-hydrogen) atoms. The van der Waals surface area contributed by atoms with Crippen molar-refractivity contribution in [3.63, 3.8) is 0 Å². The third-order valence-corrected chi connectivity index (χ3v) is 5.62. The van der Waals surface area contributed by atoms with E-state index in [1.165, 1.54) is 0 Å². The molecule has 0 saturated heterocycles. The number of hydrogen-bond donors (Lipinski definition) is 2. The minimum Gasteiger partial charge on any atom is -0.493 e. The Kier molecular flexibility index (Phi) is 4.06. The van der Waals surface area contributed by atoms with Crippen LogP contribution in [0.5, 0.6) is 28.7 Å². The van der Waals surface area contributed by atoms with Crippen molar-refractivity contribution in [1.29, 1.82) is 0 Å². The van der Waals surface area contributed by atoms with Crippen LogP contribution in [0.2, 0.25) is 0 Å². The highest BCUT2D eigenvalue weighted by Gasteiger charge is 2.26. The molecule has 2 N–H and O–H groups in total. The summed E-state index contributed by atoms with van der Waals surface area (Å²) >= 11 is 0. The first-order valence-electron chi connectivity index (χ1n) is 9.47. The first kappa shape index (κ1) is 18.3. The summed E-state index contributed by atoms with van der Waals surface area (Å²) in [6.45, 7) is 0. The number of aromatic nitrogens is 2. The third-order valence-electron chi connectivity index (χ3n) is 5.62. The van der Waals surface area contributed by atoms with Crippen LogP contribution in [0.3, 0.4) is 0 Å². The quantitative estimate of drug-likeness (QED) is 0.430. The highest BCUT2D eigenvalue weighted by molar-refractivity contribution is 6.27. The van der Waals surface area contributed by atoms with Crippen LogP contribution in [0.4, 0.5) is 0 Å². The minimum absolute atomic E-state index is 0.526. The molecule has 5 rings (SSSR count). The first-order chi connectivity index (χ1) is 14.7. The third kappa shape index (κ3) is 2.20. The number of hydrogen-bond acceptors (Lipinski definition) is 5. The van der Waals surface area contributed by atoms with Gasteiger partial charge in [0, 0.05) is 16.3 Å². The van der Waals surface area contributed by atoms with Gasteiger partial charge in [0.05, 0.1) is 62.9 Å². The summed E-state index contributed by atoms with van der Waals surface area (Å²) in [5.74, 6) is 2.98. The molecule has 2 heterocycles. The summed E-state index contributed by atoms with van der Waals surface area (Å²) in [7, 11) is 8.11. The van der Waals surface area contributed by atoms with Crippen molar-refractivity contribution >= 4 is 43.6 Å². The maximum Gasteiger partial charge on any atom is 0.205 e. The summed E-state index contributed by atoms with van der Waals surface area (Å²) in [5, 5.41) is 3.78. The lowest BCUT2D eigenvalue weighted by Crippen LogP contribution is -1.95. The second-order valence-corrected chi connectivity index (χ2v) is 6.93. The van der Waals surface area contributed by atoms with Crippen LogP contribution in [0, 0.1) is 0 Å². The molecule has 0 unspecified atom stereocenters. The number of H-pyrrole nitrogens is 2. The Labute approximate surface area is 172 Å². The first-order valence-corrected chi connectivity index (χ1v) is 9.47. The zero-order chi connectivity index (χ0) is 21.0. The molecule has 5 aromatic rings. The molecule has 0 bridgehead atoms. The molecule has 0 aliphatic rings. The van der Waals surface area contributed by atoms with E-state index in [0.717, 1.165) is 43.6 Å². The van der Waals surface area contributed by atoms with Crippen LogP contribution < -0.4 is 23.7 Å². The van der Waals surface area contributed by atoms with E-state index in [1.807, 2.05) is 24.3 Å². The van der Waals surface area contributed by atoms with Crippen LogP contribution in [0.1, 0.15) is 0 Å². The average molecular weight is 406 g/mol. The highest BCUT2D eigenvalue weighted by Crippen LogP contribution is 2.52. The van der Waals surface area contributed by atoms with Gasteiger partial charge in [0.25, 0.3) is 0 Å². The van der Waals surface area contributed by atoms with Crippen molar-refractivity contribution in [3.8, 4) is 28.7 Å². The van der Waals surface area contributed by atoms with Gasteiger partial charge in [0.2, 0.25) is 5.75 Å². The topological polar surface area (TPSA) is 77.7 Å². The lowest BCUT2D eigenvalue weighted by atomic mass is 10.1. The van der Waals surface area contributed by atoms with Gasteiger partial charge < -0.3 is 33.7 Å². The lowest BCUT2D eigenvalue weighted by molar-refractivity contribution is 0.327. The maximum absolute atomic E-state index is 5.87. The van der Waals surface area contributed by atoms with E-state index >= 15 is 0 Å². The normalized spacial score (nSPS) is 11.5. The van der Waals surface area contributed by atoms with E-state index < -0.39 is 0 Å². The van der Waals surface area contributed by atoms with Crippen LogP contribution in [0.15, 0.2) is 30.3 Å². The molecule has 0 amide bonds. The van der Waals surface area contributed by atoms with Gasteiger partial charge in [-0.2, -0.15) is 0 Å². The van der Waals surface area contributed by atoms with Gasteiger partial charge in [0.15, 0.2) is 23.0 Å². The zero-order valence-electron chi connectivity index (χ0n) is 17.4. The van der Waals surface area contributed by atoms with Crippen molar-refractivity contribution < 1.29 is 23.7 Å². The number of fused-ring (bicyclic) bond motifs is 7. The fraction of sp³-hybridized carbons (Fsp3) is 0.217. The van der Waals surface area contributed by atoms with E-state index in [0.29, 0.717) is 28.7 Å². The van der Waals surface area contributed by atoms with Crippen molar-refractivity contribution in [1.82, 2.24) is 9.97 Å². The lowest BCUT2D eigenvalue weighted by Gasteiger charge is -2.13. The summed E-state index contributed by atoms with van der Waals surface area (Å²) in [6.07, 6.45) is 0. The molecule has 0 radical (unpaired) electrons. The Morgan fingerprint density at radius 1 is 0.567 bits per heavy atom. The molecule has 0 spiro atoms. The van der Waals surface area contributed by atoms with E-state index in [4.69, 9.17) is 23.7 Å². The van der Waals surface area contributed by atoms with Crippen LogP contribution in [0.25, 0.3) is 43.6 Å². The van der Waals surface area contributed by atoms with E-state index in [-0.39, 0.29) is 0 Å². The molecule has 7 heteroatoms. The Hall–Kier alpha value is -3.74. The predicted molar refractivity (Wildman–Crippen MR) is 118 cm³/mol. The zero-order valence-corrected chi connectivity index (χ0v) is 17.4. The highest BCUT2D eigenvalue weighted by atomic mass is 16.5. The minimum atomic E-state index is 0.526. The molecule has 2 aromatic heterocycles. The van der Waals surface area contributed by atoms with Gasteiger partial charge in [-0.25, -0.2) is 0 Å². The standard InChI is InChI=1S/C23H22N2O5/c1-26-14-10-12-16-19(25-17(12)23(30-5)20(14)27-2)18-15(21(28-3)22(16)29-4)11-8-6-7-9-13(11)24-18/h6-10,24-25H,1-5H3. The smallest absolute Gasteiger partial charge is 0.205 e. The predicted octanol–water partition coefficient (Wildman–Crippen LogP) is 5.00. The molecular weight excluding hydrogens is 384 g/mol. The van der Waals surface area contributed by atoms with Crippen LogP contribution >= 0.6 is 0 Å². The molecular formula is C23H22N2O5. The number of rotatable bonds is 5. The fourth-order valence-corrected chi connectivity index (χ4v) is 4.40. The van der Waals surface area contributed by atoms with Crippen molar-refractivity contribution in [3.05, 3.63) is 30.3 Å². The fourth-order valence-electron chi connectivity index (χ4n) is 4.40. The van der Waals surface area contributed by atoms with Gasteiger partial charge in [0.1, 0.15) is 0 Å². The van der Waals surface area contributed by atoms with Gasteiger partial charge in [-0.05, 0) is 12.1 Å². The van der Waals surface area contributed by atoms with E-state index in [2.05, 4.69) is 16.0 Å². The Morgan fingerprint density at radius 3 is 1.80 bits per heavy atom. The van der Waals surface area contributed by atoms with Crippen molar-refractivity contribution in [2.24, 2.45) is 0 Å². The molecule has 154 valence electrons. The monoisotopic (exact) mass is 406 g/mol. The molecule has 7 nitrogen and oxygen atoms in total. The largest absolute Gasteiger partial charge is 0.493 e. The number of methoxy groups -OCH3 is 5. The Bertz CT molecular complexity index is 1430. The Morgan fingerprint density at radius 2 is 1.17 bits per heavy atom. The Balaban J connectivity index is 2.09. The van der Waals surface area contributed by atoms with Crippen molar-refractivity contribution in [2.45, 2.75) is 0 Å². The second-order valence-electron chi connectivity index (χ2n) is 6.93. The van der Waals surface area contributed by atoms with Crippen molar-refractivity contribution in [2.75, 3.05) is 35.5 Å². The number of para-hydroxylation sites is 1. The molecule has 0 fully saturated rings. The number of benzene rings is 3. The van der Waals surface area contributed by atoms with E-state index in [1.54, 1.807) is 35.5 Å². The SMILES string of the molecule is COc1cc2c([nH]c3c4[nH]c5ccccc5c4c(OC)c(OC)c23)c(OC)c1OC. The molecule has 0 atom stereocenters. The van der Waals surface area contributed by atoms with Crippen LogP contribution in [-0.4, -0.2) is 45.5 Å². The second kappa shape index (κ2) is 6.66. The summed E-state index contributed by atoms with van der Waals surface area (Å²) in [4.78, 5) is 7.06. The van der Waals surface area contributed by atoms with Gasteiger partial charge in [-0.3, -0.25) is 0 Å². The number of ether oxygens (including phenoxy) is 5. The number of nitrogens with one attached hydrogen (secondary N) is 2. The van der Waals surface area contributed by atoms with E-state index in [9.17, 15) is 0 Å². The molecule has 0 aliphatic carbocycles. The number of aromatic amines is 2. The molecule has 3 aromatic carbocycles.